The molecule has 8 heteroatoms. The molecular formula is C15H18N2O5S. The summed E-state index contributed by atoms with van der Waals surface area (Å²) in [5, 5.41) is 12.2. The van der Waals surface area contributed by atoms with Crippen LogP contribution < -0.4 is 5.32 Å². The number of carboxylic acids is 1. The lowest BCUT2D eigenvalue weighted by Crippen LogP contribution is -2.24. The third kappa shape index (κ3) is 4.56. The topological polar surface area (TPSA) is 105 Å². The Kier molecular flexibility index (Phi) is 5.05. The zero-order valence-corrected chi connectivity index (χ0v) is 13.5. The maximum atomic E-state index is 11.8. The van der Waals surface area contributed by atoms with E-state index in [2.05, 4.69) is 5.32 Å². The zero-order chi connectivity index (χ0) is 17.0. The van der Waals surface area contributed by atoms with E-state index in [0.717, 1.165) is 10.9 Å². The second-order valence-corrected chi connectivity index (χ2v) is 7.44. The van der Waals surface area contributed by atoms with Gasteiger partial charge >= 0.3 is 5.97 Å². The average molecular weight is 338 g/mol. The Morgan fingerprint density at radius 3 is 2.65 bits per heavy atom. The Morgan fingerprint density at radius 1 is 1.26 bits per heavy atom. The number of nitrogens with one attached hydrogen (secondary N) is 1. The summed E-state index contributed by atoms with van der Waals surface area (Å²) in [6, 6.07) is 6.72. The van der Waals surface area contributed by atoms with Crippen LogP contribution in [-0.2, 0) is 26.0 Å². The Balaban J connectivity index is 2.12. The smallest absolute Gasteiger partial charge is 0.323 e. The summed E-state index contributed by atoms with van der Waals surface area (Å²) < 4.78 is 24.8. The Hall–Kier alpha value is -2.35. The van der Waals surface area contributed by atoms with Gasteiger partial charge in [-0.2, -0.15) is 0 Å². The SMILES string of the molecule is CCCS(=O)(=O)CC(=O)Nc1ccc2c(ccn2CC(=O)O)c1. The molecule has 2 N–H and O–H groups in total. The summed E-state index contributed by atoms with van der Waals surface area (Å²) in [6.07, 6.45) is 2.12. The number of benzene rings is 1. The van der Waals surface area contributed by atoms with Gasteiger partial charge in [0.15, 0.2) is 9.84 Å². The van der Waals surface area contributed by atoms with Crippen LogP contribution in [0.1, 0.15) is 13.3 Å². The number of fused-ring (bicyclic) bond motifs is 1. The predicted octanol–water partition coefficient (Wildman–Crippen LogP) is 1.49. The van der Waals surface area contributed by atoms with E-state index >= 15 is 0 Å². The fourth-order valence-electron chi connectivity index (χ4n) is 2.34. The molecule has 0 aliphatic carbocycles. The van der Waals surface area contributed by atoms with E-state index in [0.29, 0.717) is 12.1 Å². The van der Waals surface area contributed by atoms with Gasteiger partial charge in [0.1, 0.15) is 12.3 Å². The van der Waals surface area contributed by atoms with Gasteiger partial charge in [0.25, 0.3) is 0 Å². The van der Waals surface area contributed by atoms with Crippen molar-refractivity contribution >= 4 is 38.3 Å². The molecule has 0 spiro atoms. The van der Waals surface area contributed by atoms with E-state index in [1.165, 1.54) is 0 Å². The average Bonchev–Trinajstić information content (AvgIpc) is 2.79. The molecule has 0 fully saturated rings. The molecule has 1 aromatic heterocycles. The summed E-state index contributed by atoms with van der Waals surface area (Å²) in [4.78, 5) is 22.6. The van der Waals surface area contributed by atoms with Crippen molar-refractivity contribution < 1.29 is 23.1 Å². The van der Waals surface area contributed by atoms with Crippen LogP contribution in [0.25, 0.3) is 10.9 Å². The quantitative estimate of drug-likeness (QED) is 0.795. The van der Waals surface area contributed by atoms with Gasteiger partial charge in [-0.1, -0.05) is 6.92 Å². The van der Waals surface area contributed by atoms with Crippen LogP contribution in [0.3, 0.4) is 0 Å². The maximum absolute atomic E-state index is 11.8. The second-order valence-electron chi connectivity index (χ2n) is 5.25. The van der Waals surface area contributed by atoms with E-state index in [1.807, 2.05) is 0 Å². The highest BCUT2D eigenvalue weighted by molar-refractivity contribution is 7.92. The first-order chi connectivity index (χ1) is 10.8. The van der Waals surface area contributed by atoms with Crippen LogP contribution >= 0.6 is 0 Å². The van der Waals surface area contributed by atoms with E-state index in [-0.39, 0.29) is 12.3 Å². The van der Waals surface area contributed by atoms with Crippen molar-refractivity contribution in [3.05, 3.63) is 30.5 Å². The molecule has 0 radical (unpaired) electrons. The van der Waals surface area contributed by atoms with Crippen molar-refractivity contribution in [3.63, 3.8) is 0 Å². The lowest BCUT2D eigenvalue weighted by atomic mass is 10.2. The third-order valence-corrected chi connectivity index (χ3v) is 4.96. The molecule has 1 amide bonds. The van der Waals surface area contributed by atoms with Crippen molar-refractivity contribution in [1.29, 1.82) is 0 Å². The Morgan fingerprint density at radius 2 is 2.00 bits per heavy atom. The number of anilines is 1. The molecule has 0 saturated carbocycles. The van der Waals surface area contributed by atoms with E-state index in [9.17, 15) is 18.0 Å². The van der Waals surface area contributed by atoms with Crippen molar-refractivity contribution in [2.45, 2.75) is 19.9 Å². The number of amides is 1. The number of rotatable bonds is 7. The highest BCUT2D eigenvalue weighted by Crippen LogP contribution is 2.20. The molecule has 0 saturated heterocycles. The number of carbonyl (C=O) groups excluding carboxylic acids is 1. The molecule has 1 heterocycles. The molecule has 2 aromatic rings. The third-order valence-electron chi connectivity index (χ3n) is 3.23. The maximum Gasteiger partial charge on any atom is 0.323 e. The standard InChI is InChI=1S/C15H18N2O5S/c1-2-7-23(21,22)10-14(18)16-12-3-4-13-11(8-12)5-6-17(13)9-15(19)20/h3-6,8H,2,7,9-10H2,1H3,(H,16,18)(H,19,20). The molecule has 7 nitrogen and oxygen atoms in total. The van der Waals surface area contributed by atoms with Gasteiger partial charge in [-0.3, -0.25) is 9.59 Å². The first kappa shape index (κ1) is 17.0. The second kappa shape index (κ2) is 6.82. The summed E-state index contributed by atoms with van der Waals surface area (Å²) in [5.41, 5.74) is 1.20. The molecular weight excluding hydrogens is 320 g/mol. The number of carbonyl (C=O) groups is 2. The molecule has 23 heavy (non-hydrogen) atoms. The number of sulfone groups is 1. The van der Waals surface area contributed by atoms with Crippen LogP contribution in [0.2, 0.25) is 0 Å². The fourth-order valence-corrected chi connectivity index (χ4v) is 3.58. The van der Waals surface area contributed by atoms with E-state index < -0.39 is 27.5 Å². The van der Waals surface area contributed by atoms with Crippen LogP contribution in [0.15, 0.2) is 30.5 Å². The number of nitrogens with zero attached hydrogens (tertiary/aromatic N) is 1. The number of hydrogen-bond donors (Lipinski definition) is 2. The predicted molar refractivity (Wildman–Crippen MR) is 87.1 cm³/mol. The number of aliphatic carboxylic acids is 1. The lowest BCUT2D eigenvalue weighted by Gasteiger charge is -2.07. The van der Waals surface area contributed by atoms with Crippen molar-refractivity contribution in [1.82, 2.24) is 4.57 Å². The van der Waals surface area contributed by atoms with Gasteiger partial charge in [-0.25, -0.2) is 8.42 Å². The number of carboxylic acid groups (broad SMARTS) is 1. The van der Waals surface area contributed by atoms with Gasteiger partial charge in [-0.15, -0.1) is 0 Å². The number of aromatic nitrogens is 1. The Labute approximate surface area is 133 Å². The summed E-state index contributed by atoms with van der Waals surface area (Å²) >= 11 is 0. The van der Waals surface area contributed by atoms with Crippen LogP contribution in [0, 0.1) is 0 Å². The van der Waals surface area contributed by atoms with Crippen LogP contribution in [-0.4, -0.2) is 41.5 Å². The highest BCUT2D eigenvalue weighted by atomic mass is 32.2. The van der Waals surface area contributed by atoms with Crippen LogP contribution in [0.4, 0.5) is 5.69 Å². The fraction of sp³-hybridized carbons (Fsp3) is 0.333. The molecule has 1 aromatic carbocycles. The van der Waals surface area contributed by atoms with Crippen LogP contribution in [0.5, 0.6) is 0 Å². The zero-order valence-electron chi connectivity index (χ0n) is 12.7. The lowest BCUT2D eigenvalue weighted by molar-refractivity contribution is -0.137. The van der Waals surface area contributed by atoms with Crippen molar-refractivity contribution in [3.8, 4) is 0 Å². The minimum Gasteiger partial charge on any atom is -0.480 e. The summed E-state index contributed by atoms with van der Waals surface area (Å²) in [7, 11) is -3.38. The largest absolute Gasteiger partial charge is 0.480 e. The first-order valence-corrected chi connectivity index (χ1v) is 8.94. The van der Waals surface area contributed by atoms with Crippen molar-refractivity contribution in [2.24, 2.45) is 0 Å². The molecule has 0 unspecified atom stereocenters. The van der Waals surface area contributed by atoms with Crippen molar-refractivity contribution in [2.75, 3.05) is 16.8 Å². The highest BCUT2D eigenvalue weighted by Gasteiger charge is 2.16. The molecule has 2 rings (SSSR count). The van der Waals surface area contributed by atoms with Gasteiger partial charge in [0.2, 0.25) is 5.91 Å². The van der Waals surface area contributed by atoms with E-state index in [1.54, 1.807) is 42.0 Å². The normalized spacial score (nSPS) is 11.5. The molecule has 0 aliphatic rings. The van der Waals surface area contributed by atoms with Gasteiger partial charge in [-0.05, 0) is 30.7 Å². The summed E-state index contributed by atoms with van der Waals surface area (Å²) in [6.45, 7) is 1.59. The molecule has 0 aliphatic heterocycles. The minimum atomic E-state index is -3.38. The summed E-state index contributed by atoms with van der Waals surface area (Å²) in [5.74, 6) is -2.08. The van der Waals surface area contributed by atoms with Gasteiger partial charge in [0.05, 0.1) is 5.75 Å². The van der Waals surface area contributed by atoms with Gasteiger partial charge < -0.3 is 15.0 Å². The van der Waals surface area contributed by atoms with Gasteiger partial charge in [0, 0.05) is 22.8 Å². The molecule has 0 bridgehead atoms. The molecule has 124 valence electrons. The Bertz CT molecular complexity index is 839. The monoisotopic (exact) mass is 338 g/mol. The first-order valence-electron chi connectivity index (χ1n) is 7.11. The van der Waals surface area contributed by atoms with E-state index in [4.69, 9.17) is 5.11 Å². The number of hydrogen-bond acceptors (Lipinski definition) is 4. The minimum absolute atomic E-state index is 0.0164. The molecule has 0 atom stereocenters.